The number of carbonyl (C=O) groups is 2. The lowest BCUT2D eigenvalue weighted by molar-refractivity contribution is -0.163. The number of aryl methyl sites for hydroxylation is 1. The monoisotopic (exact) mass is 397 g/mol. The minimum Gasteiger partial charge on any atom is -0.468 e. The minimum atomic E-state index is -3.75. The van der Waals surface area contributed by atoms with Gasteiger partial charge in [-0.25, -0.2) is 13.1 Å². The fourth-order valence-corrected chi connectivity index (χ4v) is 3.67. The maximum absolute atomic E-state index is 12.6. The molecule has 0 saturated heterocycles. The van der Waals surface area contributed by atoms with Gasteiger partial charge in [0.25, 0.3) is 0 Å². The molecule has 8 heteroatoms. The van der Waals surface area contributed by atoms with E-state index in [0.717, 1.165) is 5.56 Å². The molecular weight excluding hydrogens is 370 g/mol. The molecule has 1 aromatic carbocycles. The maximum Gasteiger partial charge on any atom is 0.326 e. The summed E-state index contributed by atoms with van der Waals surface area (Å²) in [5.41, 5.74) is -0.712. The van der Waals surface area contributed by atoms with Crippen LogP contribution in [0.2, 0.25) is 0 Å². The Balaban J connectivity index is 3.13. The highest BCUT2D eigenvalue weighted by atomic mass is 32.2. The van der Waals surface area contributed by atoms with Crippen molar-refractivity contribution in [2.24, 2.45) is 5.41 Å². The first-order valence-corrected chi connectivity index (χ1v) is 10.0. The van der Waals surface area contributed by atoms with Gasteiger partial charge in [0.1, 0.15) is 0 Å². The number of hydrogen-bond acceptors (Lipinski definition) is 6. The Bertz CT molecular complexity index is 767. The predicted molar refractivity (Wildman–Crippen MR) is 101 cm³/mol. The summed E-state index contributed by atoms with van der Waals surface area (Å²) < 4.78 is 37.2. The second-order valence-electron chi connectivity index (χ2n) is 6.37. The topological polar surface area (TPSA) is 98.8 Å². The van der Waals surface area contributed by atoms with Crippen molar-refractivity contribution in [3.8, 4) is 0 Å². The van der Waals surface area contributed by atoms with Crippen molar-refractivity contribution in [2.45, 2.75) is 44.6 Å². The summed E-state index contributed by atoms with van der Waals surface area (Å²) in [5, 5.41) is 0. The van der Waals surface area contributed by atoms with Crippen LogP contribution in [0.4, 0.5) is 0 Å². The third-order valence-corrected chi connectivity index (χ3v) is 5.62. The Morgan fingerprint density at radius 3 is 2.11 bits per heavy atom. The third-order valence-electron chi connectivity index (χ3n) is 4.12. The zero-order chi connectivity index (χ0) is 20.7. The lowest BCUT2D eigenvalue weighted by Gasteiger charge is -2.21. The second kappa shape index (κ2) is 9.66. The van der Waals surface area contributed by atoms with Gasteiger partial charge in [-0.15, -0.1) is 0 Å². The summed E-state index contributed by atoms with van der Waals surface area (Å²) in [6.45, 7) is 5.13. The van der Waals surface area contributed by atoms with Gasteiger partial charge in [0.2, 0.25) is 10.0 Å². The Kier molecular flexibility index (Phi) is 8.18. The summed E-state index contributed by atoms with van der Waals surface area (Å²) in [4.78, 5) is 24.2. The molecule has 0 aromatic heterocycles. The van der Waals surface area contributed by atoms with Crippen LogP contribution in [-0.2, 0) is 29.1 Å². The quantitative estimate of drug-likeness (QED) is 0.390. The van der Waals surface area contributed by atoms with Crippen molar-refractivity contribution < 1.29 is 27.5 Å². The van der Waals surface area contributed by atoms with Crippen LogP contribution in [-0.4, -0.2) is 40.6 Å². The van der Waals surface area contributed by atoms with E-state index in [4.69, 9.17) is 0 Å². The van der Waals surface area contributed by atoms with E-state index in [1.807, 2.05) is 13.8 Å². The molecule has 1 aromatic rings. The lowest BCUT2D eigenvalue weighted by atomic mass is 9.89. The van der Waals surface area contributed by atoms with Crippen molar-refractivity contribution in [2.75, 3.05) is 14.2 Å². The van der Waals surface area contributed by atoms with Gasteiger partial charge in [0.15, 0.2) is 5.41 Å². The summed E-state index contributed by atoms with van der Waals surface area (Å²) in [6, 6.07) is 5.87. The summed E-state index contributed by atoms with van der Waals surface area (Å²) in [6.07, 6.45) is 3.99. The van der Waals surface area contributed by atoms with Crippen molar-refractivity contribution in [1.29, 1.82) is 0 Å². The molecule has 0 aliphatic rings. The molecule has 0 fully saturated rings. The third kappa shape index (κ3) is 5.90. The number of rotatable bonds is 9. The molecule has 0 saturated carbocycles. The molecule has 0 aliphatic carbocycles. The molecule has 150 valence electrons. The highest BCUT2D eigenvalue weighted by Crippen LogP contribution is 2.23. The molecule has 1 atom stereocenters. The van der Waals surface area contributed by atoms with Crippen molar-refractivity contribution >= 4 is 22.0 Å². The van der Waals surface area contributed by atoms with Gasteiger partial charge in [0.05, 0.1) is 19.1 Å². The zero-order valence-electron chi connectivity index (χ0n) is 16.3. The molecule has 0 radical (unpaired) electrons. The maximum atomic E-state index is 12.6. The number of ether oxygens (including phenoxy) is 2. The molecule has 0 bridgehead atoms. The van der Waals surface area contributed by atoms with Crippen LogP contribution in [0.15, 0.2) is 41.3 Å². The van der Waals surface area contributed by atoms with Gasteiger partial charge in [0, 0.05) is 6.04 Å². The molecule has 0 spiro atoms. The number of benzene rings is 1. The molecule has 0 heterocycles. The number of sulfonamides is 1. The van der Waals surface area contributed by atoms with E-state index in [-0.39, 0.29) is 4.90 Å². The van der Waals surface area contributed by atoms with E-state index < -0.39 is 33.4 Å². The Hall–Kier alpha value is -2.19. The number of nitrogens with one attached hydrogen (secondary N) is 1. The van der Waals surface area contributed by atoms with Gasteiger partial charge in [-0.2, -0.15) is 0 Å². The second-order valence-corrected chi connectivity index (χ2v) is 8.09. The minimum absolute atomic E-state index is 0.145. The van der Waals surface area contributed by atoms with Gasteiger partial charge in [-0.3, -0.25) is 9.59 Å². The Labute approximate surface area is 160 Å². The van der Waals surface area contributed by atoms with Gasteiger partial charge >= 0.3 is 11.9 Å². The molecule has 0 amide bonds. The predicted octanol–water partition coefficient (Wildman–Crippen LogP) is 2.35. The average Bonchev–Trinajstić information content (AvgIpc) is 2.64. The first-order valence-electron chi connectivity index (χ1n) is 8.56. The Morgan fingerprint density at radius 2 is 1.67 bits per heavy atom. The fourth-order valence-electron chi connectivity index (χ4n) is 2.44. The summed E-state index contributed by atoms with van der Waals surface area (Å²) >= 11 is 0. The molecule has 27 heavy (non-hydrogen) atoms. The molecule has 7 nitrogen and oxygen atoms in total. The van der Waals surface area contributed by atoms with Crippen LogP contribution in [0.25, 0.3) is 0 Å². The summed E-state index contributed by atoms with van der Waals surface area (Å²) in [7, 11) is -1.42. The van der Waals surface area contributed by atoms with Crippen molar-refractivity contribution in [3.05, 3.63) is 42.0 Å². The smallest absolute Gasteiger partial charge is 0.326 e. The molecule has 0 unspecified atom stereocenters. The zero-order valence-corrected chi connectivity index (χ0v) is 17.1. The SMILES string of the molecule is CCC[C@@H](/C=C/C(C)(C(=O)OC)C(=O)OC)NS(=O)(=O)c1ccc(C)cc1. The molecule has 1 rings (SSSR count). The standard InChI is InChI=1S/C19H27NO6S/c1-6-7-15(12-13-19(3,17(21)25-4)18(22)26-5)20-27(23,24)16-10-8-14(2)9-11-16/h8-13,15,20H,6-7H2,1-5H3/b13-12+/t15-/m0/s1. The highest BCUT2D eigenvalue weighted by molar-refractivity contribution is 7.89. The normalized spacial score (nSPS) is 13.4. The number of esters is 2. The average molecular weight is 397 g/mol. The van der Waals surface area contributed by atoms with Gasteiger partial charge in [-0.05, 0) is 32.4 Å². The van der Waals surface area contributed by atoms with Gasteiger partial charge in [-0.1, -0.05) is 43.2 Å². The van der Waals surface area contributed by atoms with Crippen LogP contribution in [0.3, 0.4) is 0 Å². The Morgan fingerprint density at radius 1 is 1.15 bits per heavy atom. The molecule has 0 aliphatic heterocycles. The van der Waals surface area contributed by atoms with Crippen LogP contribution >= 0.6 is 0 Å². The number of hydrogen-bond donors (Lipinski definition) is 1. The first-order chi connectivity index (χ1) is 12.6. The van der Waals surface area contributed by atoms with E-state index in [2.05, 4.69) is 14.2 Å². The first kappa shape index (κ1) is 22.9. The number of methoxy groups -OCH3 is 2. The fraction of sp³-hybridized carbons (Fsp3) is 0.474. The van der Waals surface area contributed by atoms with Gasteiger partial charge < -0.3 is 9.47 Å². The van der Waals surface area contributed by atoms with Crippen LogP contribution < -0.4 is 4.72 Å². The van der Waals surface area contributed by atoms with Crippen LogP contribution in [0.5, 0.6) is 0 Å². The number of carbonyl (C=O) groups excluding carboxylic acids is 2. The van der Waals surface area contributed by atoms with Crippen LogP contribution in [0, 0.1) is 12.3 Å². The highest BCUT2D eigenvalue weighted by Gasteiger charge is 2.41. The largest absolute Gasteiger partial charge is 0.468 e. The van der Waals surface area contributed by atoms with E-state index in [1.54, 1.807) is 12.1 Å². The summed E-state index contributed by atoms with van der Waals surface area (Å²) in [5.74, 6) is -1.58. The van der Waals surface area contributed by atoms with Crippen molar-refractivity contribution in [1.82, 2.24) is 4.72 Å². The van der Waals surface area contributed by atoms with E-state index in [0.29, 0.717) is 12.8 Å². The van der Waals surface area contributed by atoms with Crippen molar-refractivity contribution in [3.63, 3.8) is 0 Å². The molecule has 1 N–H and O–H groups in total. The lowest BCUT2D eigenvalue weighted by Crippen LogP contribution is -2.38. The van der Waals surface area contributed by atoms with Crippen LogP contribution in [0.1, 0.15) is 32.3 Å². The van der Waals surface area contributed by atoms with E-state index in [9.17, 15) is 18.0 Å². The van der Waals surface area contributed by atoms with E-state index >= 15 is 0 Å². The molecular formula is C19H27NO6S. The van der Waals surface area contributed by atoms with E-state index in [1.165, 1.54) is 45.4 Å².